The highest BCUT2D eigenvalue weighted by molar-refractivity contribution is 7.99. The number of ether oxygens (including phenoxy) is 1. The lowest BCUT2D eigenvalue weighted by Gasteiger charge is -2.31. The SMILES string of the molecule is C[C@H]1CN(C(=O)CSCc2nnnn2-c2ccccc2)CCO1. The predicted octanol–water partition coefficient (Wildman–Crippen LogP) is 1.14. The monoisotopic (exact) mass is 333 g/mol. The Morgan fingerprint density at radius 1 is 1.39 bits per heavy atom. The Balaban J connectivity index is 1.53. The van der Waals surface area contributed by atoms with E-state index >= 15 is 0 Å². The molecule has 1 aromatic heterocycles. The van der Waals surface area contributed by atoms with Gasteiger partial charge in [-0.2, -0.15) is 4.68 Å². The van der Waals surface area contributed by atoms with E-state index in [-0.39, 0.29) is 12.0 Å². The smallest absolute Gasteiger partial charge is 0.232 e. The number of nitrogens with zero attached hydrogens (tertiary/aromatic N) is 5. The third kappa shape index (κ3) is 4.08. The molecule has 1 atom stereocenters. The lowest BCUT2D eigenvalue weighted by Crippen LogP contribution is -2.45. The van der Waals surface area contributed by atoms with Crippen LogP contribution in [0.1, 0.15) is 12.7 Å². The van der Waals surface area contributed by atoms with Crippen LogP contribution in [0.15, 0.2) is 30.3 Å². The number of para-hydroxylation sites is 1. The first-order valence-corrected chi connectivity index (χ1v) is 8.69. The molecule has 122 valence electrons. The standard InChI is InChI=1S/C15H19N5O2S/c1-12-9-19(7-8-22-12)15(21)11-23-10-14-16-17-18-20(14)13-5-3-2-4-6-13/h2-6,12H,7-11H2,1H3/t12-/m0/s1. The molecule has 0 radical (unpaired) electrons. The van der Waals surface area contributed by atoms with Crippen LogP contribution >= 0.6 is 11.8 Å². The number of hydrogen-bond donors (Lipinski definition) is 0. The van der Waals surface area contributed by atoms with Gasteiger partial charge < -0.3 is 9.64 Å². The van der Waals surface area contributed by atoms with Crippen LogP contribution in [0.5, 0.6) is 0 Å². The normalized spacial score (nSPS) is 18.1. The summed E-state index contributed by atoms with van der Waals surface area (Å²) in [6.07, 6.45) is 0.114. The van der Waals surface area contributed by atoms with Crippen molar-refractivity contribution in [2.45, 2.75) is 18.8 Å². The van der Waals surface area contributed by atoms with E-state index < -0.39 is 0 Å². The zero-order valence-electron chi connectivity index (χ0n) is 13.0. The summed E-state index contributed by atoms with van der Waals surface area (Å²) in [6.45, 7) is 3.94. The number of rotatable bonds is 5. The van der Waals surface area contributed by atoms with Crippen molar-refractivity contribution in [2.24, 2.45) is 0 Å². The topological polar surface area (TPSA) is 73.1 Å². The lowest BCUT2D eigenvalue weighted by atomic mass is 10.3. The molecule has 23 heavy (non-hydrogen) atoms. The van der Waals surface area contributed by atoms with Gasteiger partial charge in [0.05, 0.1) is 29.9 Å². The molecule has 0 N–H and O–H groups in total. The van der Waals surface area contributed by atoms with Gasteiger partial charge in [-0.25, -0.2) is 0 Å². The van der Waals surface area contributed by atoms with E-state index in [1.807, 2.05) is 42.2 Å². The first kappa shape index (κ1) is 15.9. The molecule has 2 aromatic rings. The number of aromatic nitrogens is 4. The van der Waals surface area contributed by atoms with Crippen molar-refractivity contribution in [2.75, 3.05) is 25.4 Å². The molecular weight excluding hydrogens is 314 g/mol. The van der Waals surface area contributed by atoms with Gasteiger partial charge in [0.1, 0.15) is 0 Å². The Morgan fingerprint density at radius 2 is 2.22 bits per heavy atom. The van der Waals surface area contributed by atoms with Gasteiger partial charge in [-0.15, -0.1) is 16.9 Å². The van der Waals surface area contributed by atoms with Crippen LogP contribution in [0.25, 0.3) is 5.69 Å². The highest BCUT2D eigenvalue weighted by Gasteiger charge is 2.21. The van der Waals surface area contributed by atoms with Crippen molar-refractivity contribution >= 4 is 17.7 Å². The highest BCUT2D eigenvalue weighted by atomic mass is 32.2. The van der Waals surface area contributed by atoms with Gasteiger partial charge >= 0.3 is 0 Å². The molecule has 0 saturated carbocycles. The van der Waals surface area contributed by atoms with Gasteiger partial charge in [-0.1, -0.05) is 18.2 Å². The number of carbonyl (C=O) groups is 1. The number of hydrogen-bond acceptors (Lipinski definition) is 6. The second-order valence-corrected chi connectivity index (χ2v) is 6.34. The number of carbonyl (C=O) groups excluding carboxylic acids is 1. The summed E-state index contributed by atoms with van der Waals surface area (Å²) < 4.78 is 7.16. The fourth-order valence-corrected chi connectivity index (χ4v) is 3.25. The van der Waals surface area contributed by atoms with E-state index in [1.165, 1.54) is 11.8 Å². The summed E-state index contributed by atoms with van der Waals surface area (Å²) in [5.74, 6) is 1.90. The first-order valence-electron chi connectivity index (χ1n) is 7.54. The largest absolute Gasteiger partial charge is 0.375 e. The quantitative estimate of drug-likeness (QED) is 0.817. The molecule has 1 aromatic carbocycles. The number of morpholine rings is 1. The van der Waals surface area contributed by atoms with E-state index in [0.29, 0.717) is 31.2 Å². The molecule has 1 saturated heterocycles. The highest BCUT2D eigenvalue weighted by Crippen LogP contribution is 2.15. The Labute approximate surface area is 139 Å². The maximum atomic E-state index is 12.2. The maximum Gasteiger partial charge on any atom is 0.232 e. The molecule has 1 fully saturated rings. The fraction of sp³-hybridized carbons (Fsp3) is 0.467. The van der Waals surface area contributed by atoms with Crippen LogP contribution in [0.2, 0.25) is 0 Å². The molecule has 1 aliphatic rings. The average molecular weight is 333 g/mol. The van der Waals surface area contributed by atoms with E-state index in [0.717, 1.165) is 11.5 Å². The van der Waals surface area contributed by atoms with E-state index in [2.05, 4.69) is 15.5 Å². The van der Waals surface area contributed by atoms with Crippen LogP contribution in [-0.4, -0.2) is 62.6 Å². The van der Waals surface area contributed by atoms with Crippen LogP contribution < -0.4 is 0 Å². The van der Waals surface area contributed by atoms with Gasteiger partial charge in [0.25, 0.3) is 0 Å². The van der Waals surface area contributed by atoms with Gasteiger partial charge in [-0.05, 0) is 29.5 Å². The van der Waals surface area contributed by atoms with Crippen molar-refractivity contribution < 1.29 is 9.53 Å². The second-order valence-electron chi connectivity index (χ2n) is 5.36. The molecule has 1 amide bonds. The van der Waals surface area contributed by atoms with E-state index in [1.54, 1.807) is 4.68 Å². The number of benzene rings is 1. The molecule has 0 spiro atoms. The summed E-state index contributed by atoms with van der Waals surface area (Å²) >= 11 is 1.53. The van der Waals surface area contributed by atoms with Crippen LogP contribution in [-0.2, 0) is 15.3 Å². The van der Waals surface area contributed by atoms with E-state index in [4.69, 9.17) is 4.74 Å². The average Bonchev–Trinajstić information content (AvgIpc) is 3.04. The minimum absolute atomic E-state index is 0.114. The lowest BCUT2D eigenvalue weighted by molar-refractivity contribution is -0.135. The fourth-order valence-electron chi connectivity index (χ4n) is 2.43. The third-order valence-corrected chi connectivity index (χ3v) is 4.50. The maximum absolute atomic E-state index is 12.2. The molecule has 3 rings (SSSR count). The second kappa shape index (κ2) is 7.56. The van der Waals surface area contributed by atoms with Gasteiger partial charge in [-0.3, -0.25) is 4.79 Å². The van der Waals surface area contributed by atoms with Gasteiger partial charge in [0, 0.05) is 13.1 Å². The van der Waals surface area contributed by atoms with Gasteiger partial charge in [0.2, 0.25) is 5.91 Å². The Hall–Kier alpha value is -1.93. The Bertz CT molecular complexity index is 648. The molecular formula is C15H19N5O2S. The summed E-state index contributed by atoms with van der Waals surface area (Å²) in [4.78, 5) is 14.1. The number of thioether (sulfide) groups is 1. The van der Waals surface area contributed by atoms with Crippen LogP contribution in [0.4, 0.5) is 0 Å². The van der Waals surface area contributed by atoms with E-state index in [9.17, 15) is 4.79 Å². The minimum atomic E-state index is 0.114. The summed E-state index contributed by atoms with van der Waals surface area (Å²) in [5, 5.41) is 11.8. The van der Waals surface area contributed by atoms with Crippen molar-refractivity contribution in [1.82, 2.24) is 25.1 Å². The van der Waals surface area contributed by atoms with Crippen molar-refractivity contribution in [3.63, 3.8) is 0 Å². The van der Waals surface area contributed by atoms with Crippen molar-refractivity contribution in [3.05, 3.63) is 36.2 Å². The molecule has 8 heteroatoms. The van der Waals surface area contributed by atoms with Crippen molar-refractivity contribution in [3.8, 4) is 5.69 Å². The molecule has 7 nitrogen and oxygen atoms in total. The molecule has 1 aliphatic heterocycles. The minimum Gasteiger partial charge on any atom is -0.375 e. The molecule has 0 bridgehead atoms. The predicted molar refractivity (Wildman–Crippen MR) is 87.3 cm³/mol. The Kier molecular flexibility index (Phi) is 5.24. The molecule has 2 heterocycles. The Morgan fingerprint density at radius 3 is 3.00 bits per heavy atom. The summed E-state index contributed by atoms with van der Waals surface area (Å²) in [5.41, 5.74) is 0.918. The van der Waals surface area contributed by atoms with Crippen LogP contribution in [0.3, 0.4) is 0 Å². The van der Waals surface area contributed by atoms with Crippen LogP contribution in [0, 0.1) is 0 Å². The number of tetrazole rings is 1. The zero-order chi connectivity index (χ0) is 16.1. The first-order chi connectivity index (χ1) is 11.2. The third-order valence-electron chi connectivity index (χ3n) is 3.59. The summed E-state index contributed by atoms with van der Waals surface area (Å²) in [6, 6.07) is 9.73. The molecule has 0 unspecified atom stereocenters. The number of amides is 1. The van der Waals surface area contributed by atoms with Gasteiger partial charge in [0.15, 0.2) is 5.82 Å². The summed E-state index contributed by atoms with van der Waals surface area (Å²) in [7, 11) is 0. The van der Waals surface area contributed by atoms with Crippen molar-refractivity contribution in [1.29, 1.82) is 0 Å². The zero-order valence-corrected chi connectivity index (χ0v) is 13.8. The molecule has 0 aliphatic carbocycles.